The first kappa shape index (κ1) is 21.9. The lowest BCUT2D eigenvalue weighted by Gasteiger charge is -2.24. The zero-order chi connectivity index (χ0) is 22.8. The number of fused-ring (bicyclic) bond motifs is 1. The van der Waals surface area contributed by atoms with Crippen LogP contribution in [0.2, 0.25) is 0 Å². The van der Waals surface area contributed by atoms with Crippen LogP contribution in [0, 0.1) is 10.1 Å². The highest BCUT2D eigenvalue weighted by Crippen LogP contribution is 2.24. The predicted octanol–water partition coefficient (Wildman–Crippen LogP) is 1.91. The van der Waals surface area contributed by atoms with Gasteiger partial charge in [0.25, 0.3) is 11.8 Å². The molecule has 164 valence electrons. The largest absolute Gasteiger partial charge is 0.444 e. The molecule has 1 aliphatic heterocycles. The summed E-state index contributed by atoms with van der Waals surface area (Å²) in [6, 6.07) is 6.22. The number of amides is 3. The van der Waals surface area contributed by atoms with Gasteiger partial charge in [0.05, 0.1) is 17.7 Å². The maximum Gasteiger partial charge on any atom is 0.434 e. The van der Waals surface area contributed by atoms with Crippen LogP contribution in [0.1, 0.15) is 41.5 Å². The van der Waals surface area contributed by atoms with Crippen LogP contribution in [-0.4, -0.2) is 55.7 Å². The van der Waals surface area contributed by atoms with Crippen molar-refractivity contribution >= 4 is 23.9 Å². The Hall–Kier alpha value is -3.80. The highest BCUT2D eigenvalue weighted by Gasteiger charge is 2.38. The van der Waals surface area contributed by atoms with E-state index in [-0.39, 0.29) is 24.2 Å². The number of aromatic nitrogens is 2. The third-order valence-corrected chi connectivity index (χ3v) is 4.14. The molecule has 1 aliphatic rings. The number of benzene rings is 1. The van der Waals surface area contributed by atoms with Crippen molar-refractivity contribution in [2.45, 2.75) is 39.0 Å². The van der Waals surface area contributed by atoms with Crippen LogP contribution in [0.4, 0.5) is 10.7 Å². The van der Waals surface area contributed by atoms with E-state index in [1.54, 1.807) is 32.9 Å². The smallest absolute Gasteiger partial charge is 0.434 e. The Morgan fingerprint density at radius 2 is 1.84 bits per heavy atom. The molecule has 12 nitrogen and oxygen atoms in total. The number of carbonyl (C=O) groups excluding carboxylic acids is 3. The summed E-state index contributed by atoms with van der Waals surface area (Å²) in [5.74, 6) is -1.78. The topological polar surface area (TPSA) is 146 Å². The number of hydroxylamine groups is 2. The zero-order valence-electron chi connectivity index (χ0n) is 17.1. The van der Waals surface area contributed by atoms with Crippen LogP contribution in [0.3, 0.4) is 0 Å². The molecule has 2 aromatic rings. The Bertz CT molecular complexity index is 992. The molecule has 1 N–H and O–H groups in total. The minimum atomic E-state index is -1.03. The number of imide groups is 1. The van der Waals surface area contributed by atoms with E-state index in [0.29, 0.717) is 5.06 Å². The first-order valence-electron chi connectivity index (χ1n) is 9.34. The molecule has 1 atom stereocenters. The summed E-state index contributed by atoms with van der Waals surface area (Å²) in [4.78, 5) is 56.9. The van der Waals surface area contributed by atoms with E-state index in [9.17, 15) is 24.5 Å². The number of nitro groups is 1. The fourth-order valence-corrected chi connectivity index (χ4v) is 2.89. The molecule has 0 unspecified atom stereocenters. The average Bonchev–Trinajstić information content (AvgIpc) is 3.24. The monoisotopic (exact) mass is 431 g/mol. The summed E-state index contributed by atoms with van der Waals surface area (Å²) in [5, 5.41) is 14.2. The van der Waals surface area contributed by atoms with E-state index in [1.807, 2.05) is 0 Å². The van der Waals surface area contributed by atoms with Gasteiger partial charge in [0.2, 0.25) is 0 Å². The Morgan fingerprint density at radius 3 is 2.39 bits per heavy atom. The highest BCUT2D eigenvalue weighted by molar-refractivity contribution is 6.20. The minimum absolute atomic E-state index is 0.167. The lowest BCUT2D eigenvalue weighted by molar-refractivity contribution is -0.397. The van der Waals surface area contributed by atoms with Crippen molar-refractivity contribution in [2.75, 3.05) is 6.54 Å². The molecule has 31 heavy (non-hydrogen) atoms. The fraction of sp³-hybridized carbons (Fsp3) is 0.368. The normalized spacial score (nSPS) is 14.4. The number of imidazole rings is 1. The Labute approximate surface area is 176 Å². The van der Waals surface area contributed by atoms with Crippen molar-refractivity contribution < 1.29 is 28.9 Å². The van der Waals surface area contributed by atoms with Gasteiger partial charge in [-0.3, -0.25) is 14.4 Å². The van der Waals surface area contributed by atoms with E-state index >= 15 is 0 Å². The lowest BCUT2D eigenvalue weighted by Crippen LogP contribution is -2.43. The van der Waals surface area contributed by atoms with Gasteiger partial charge in [-0.15, -0.1) is 5.06 Å². The third-order valence-electron chi connectivity index (χ3n) is 4.14. The number of hydrogen-bond acceptors (Lipinski definition) is 8. The highest BCUT2D eigenvalue weighted by atomic mass is 16.7. The number of nitrogens with one attached hydrogen (secondary N) is 1. The fourth-order valence-electron chi connectivity index (χ4n) is 2.89. The first-order chi connectivity index (χ1) is 14.6. The van der Waals surface area contributed by atoms with E-state index in [4.69, 9.17) is 9.57 Å². The van der Waals surface area contributed by atoms with Gasteiger partial charge >= 0.3 is 12.0 Å². The van der Waals surface area contributed by atoms with E-state index in [1.165, 1.54) is 29.1 Å². The molecular formula is C19H21N5O7. The second-order valence-corrected chi connectivity index (χ2v) is 7.70. The molecule has 0 radical (unpaired) electrons. The van der Waals surface area contributed by atoms with Gasteiger partial charge in [-0.2, -0.15) is 0 Å². The van der Waals surface area contributed by atoms with E-state index in [0.717, 1.165) is 0 Å². The Balaban J connectivity index is 1.78. The summed E-state index contributed by atoms with van der Waals surface area (Å²) in [7, 11) is 0. The number of nitrogens with zero attached hydrogens (tertiary/aromatic N) is 4. The van der Waals surface area contributed by atoms with E-state index in [2.05, 4.69) is 10.3 Å². The summed E-state index contributed by atoms with van der Waals surface area (Å²) < 4.78 is 6.35. The molecule has 0 bridgehead atoms. The second-order valence-electron chi connectivity index (χ2n) is 7.70. The number of rotatable bonds is 7. The second kappa shape index (κ2) is 8.52. The molecule has 12 heteroatoms. The van der Waals surface area contributed by atoms with Gasteiger partial charge < -0.3 is 20.2 Å². The van der Waals surface area contributed by atoms with Gasteiger partial charge in [-0.25, -0.2) is 9.36 Å². The Morgan fingerprint density at radius 1 is 1.23 bits per heavy atom. The lowest BCUT2D eigenvalue weighted by atomic mass is 10.1. The van der Waals surface area contributed by atoms with Crippen molar-refractivity contribution in [2.24, 2.45) is 0 Å². The molecule has 3 amide bonds. The maximum absolute atomic E-state index is 12.6. The third kappa shape index (κ3) is 5.04. The quantitative estimate of drug-likeness (QED) is 0.397. The van der Waals surface area contributed by atoms with Crippen molar-refractivity contribution in [1.82, 2.24) is 19.9 Å². The molecule has 3 rings (SSSR count). The van der Waals surface area contributed by atoms with Crippen molar-refractivity contribution in [1.29, 1.82) is 0 Å². The predicted molar refractivity (Wildman–Crippen MR) is 105 cm³/mol. The van der Waals surface area contributed by atoms with Crippen LogP contribution < -0.4 is 5.32 Å². The van der Waals surface area contributed by atoms with E-state index < -0.39 is 40.5 Å². The molecule has 1 aromatic heterocycles. The molecule has 2 heterocycles. The van der Waals surface area contributed by atoms with Crippen LogP contribution in [-0.2, 0) is 16.1 Å². The number of alkyl carbamates (subject to hydrolysis) is 1. The first-order valence-corrected chi connectivity index (χ1v) is 9.34. The molecule has 0 saturated heterocycles. The summed E-state index contributed by atoms with van der Waals surface area (Å²) >= 11 is 0. The van der Waals surface area contributed by atoms with Gasteiger partial charge in [-0.05, 0) is 37.8 Å². The zero-order valence-corrected chi connectivity index (χ0v) is 17.1. The summed E-state index contributed by atoms with van der Waals surface area (Å²) in [5.41, 5.74) is -0.383. The van der Waals surface area contributed by atoms with Gasteiger partial charge in [0.1, 0.15) is 30.6 Å². The Kier molecular flexibility index (Phi) is 6.02. The van der Waals surface area contributed by atoms with Crippen LogP contribution >= 0.6 is 0 Å². The van der Waals surface area contributed by atoms with Crippen LogP contribution in [0.5, 0.6) is 0 Å². The van der Waals surface area contributed by atoms with Crippen molar-refractivity contribution in [3.8, 4) is 0 Å². The summed E-state index contributed by atoms with van der Waals surface area (Å²) in [6.45, 7) is 4.70. The van der Waals surface area contributed by atoms with Crippen molar-refractivity contribution in [3.05, 3.63) is 57.9 Å². The number of carbonyl (C=O) groups is 3. The molecule has 0 aliphatic carbocycles. The van der Waals surface area contributed by atoms with Crippen molar-refractivity contribution in [3.63, 3.8) is 0 Å². The SMILES string of the molecule is CC(C)(C)OC(=O)NC[C@@H](Cn1ccnc1[N+](=O)[O-])ON1C(=O)c2ccccc2C1=O. The molecule has 0 spiro atoms. The molecule has 0 saturated carbocycles. The molecule has 1 aromatic carbocycles. The number of ether oxygens (including phenoxy) is 1. The molecule has 0 fully saturated rings. The van der Waals surface area contributed by atoms with Gasteiger partial charge in [0, 0.05) is 0 Å². The molecular weight excluding hydrogens is 410 g/mol. The summed E-state index contributed by atoms with van der Waals surface area (Å²) in [6.07, 6.45) is 0.814. The van der Waals surface area contributed by atoms with Crippen LogP contribution in [0.25, 0.3) is 0 Å². The van der Waals surface area contributed by atoms with Crippen LogP contribution in [0.15, 0.2) is 36.7 Å². The van der Waals surface area contributed by atoms with Gasteiger partial charge in [-0.1, -0.05) is 17.1 Å². The number of hydrogen-bond donors (Lipinski definition) is 1. The standard InChI is InChI=1S/C19H21N5O7/c1-19(2,3)30-18(27)21-10-12(11-22-9-8-20-17(22)24(28)29)31-23-15(25)13-6-4-5-7-14(13)16(23)26/h4-9,12H,10-11H2,1-3H3,(H,21,27)/t12-/m0/s1. The maximum atomic E-state index is 12.6. The minimum Gasteiger partial charge on any atom is -0.444 e. The average molecular weight is 431 g/mol. The van der Waals surface area contributed by atoms with Gasteiger partial charge in [0.15, 0.2) is 0 Å².